The van der Waals surface area contributed by atoms with Gasteiger partial charge in [-0.2, -0.15) is 0 Å². The molecule has 1 aliphatic heterocycles. The van der Waals surface area contributed by atoms with E-state index in [0.29, 0.717) is 6.42 Å². The van der Waals surface area contributed by atoms with E-state index in [2.05, 4.69) is 5.32 Å². The fourth-order valence-electron chi connectivity index (χ4n) is 1.44. The molecule has 0 spiro atoms. The molecule has 1 saturated heterocycles. The molecule has 1 aliphatic rings. The van der Waals surface area contributed by atoms with E-state index in [-0.39, 0.29) is 6.04 Å². The number of halogens is 1. The Labute approximate surface area is 62.0 Å². The Bertz CT molecular complexity index is 106. The molecule has 0 aromatic heterocycles. The van der Waals surface area contributed by atoms with E-state index >= 15 is 0 Å². The largest absolute Gasteiger partial charge is 0.311 e. The number of rotatable bonds is 2. The van der Waals surface area contributed by atoms with Gasteiger partial charge >= 0.3 is 0 Å². The molecule has 0 radical (unpaired) electrons. The molecule has 1 fully saturated rings. The summed E-state index contributed by atoms with van der Waals surface area (Å²) in [6.07, 6.45) is 2.75. The number of alkyl halides is 1. The molecule has 2 unspecified atom stereocenters. The summed E-state index contributed by atoms with van der Waals surface area (Å²) in [6.45, 7) is 4.58. The zero-order chi connectivity index (χ0) is 7.61. The van der Waals surface area contributed by atoms with Crippen LogP contribution in [0.25, 0.3) is 0 Å². The molecule has 0 saturated carbocycles. The summed E-state index contributed by atoms with van der Waals surface area (Å²) < 4.78 is 13.5. The van der Waals surface area contributed by atoms with Gasteiger partial charge in [-0.15, -0.1) is 0 Å². The van der Waals surface area contributed by atoms with Crippen molar-refractivity contribution in [1.29, 1.82) is 0 Å². The third-order valence-electron chi connectivity index (χ3n) is 2.48. The molecule has 1 rings (SSSR count). The molecular formula is C8H16FN. The van der Waals surface area contributed by atoms with E-state index in [1.54, 1.807) is 6.92 Å². The maximum Gasteiger partial charge on any atom is 0.123 e. The van der Waals surface area contributed by atoms with Crippen LogP contribution in [0.4, 0.5) is 4.39 Å². The van der Waals surface area contributed by atoms with Gasteiger partial charge in [0.05, 0.1) is 0 Å². The fraction of sp³-hybridized carbons (Fsp3) is 1.00. The van der Waals surface area contributed by atoms with Crippen LogP contribution in [0.1, 0.15) is 33.1 Å². The van der Waals surface area contributed by atoms with Gasteiger partial charge in [-0.25, -0.2) is 4.39 Å². The molecule has 0 aromatic rings. The zero-order valence-corrected chi connectivity index (χ0v) is 6.78. The second-order valence-electron chi connectivity index (χ2n) is 3.28. The first-order valence-corrected chi connectivity index (χ1v) is 4.09. The summed E-state index contributed by atoms with van der Waals surface area (Å²) in [6, 6.07) is 0.109. The van der Waals surface area contributed by atoms with Crippen LogP contribution in [0.5, 0.6) is 0 Å². The van der Waals surface area contributed by atoms with E-state index in [9.17, 15) is 4.39 Å². The van der Waals surface area contributed by atoms with E-state index in [4.69, 9.17) is 0 Å². The standard InChI is InChI=1S/C8H16FN/c1-3-8(2,9)7-5-4-6-10-7/h7,10H,3-6H2,1-2H3. The molecule has 0 aliphatic carbocycles. The van der Waals surface area contributed by atoms with Crippen LogP contribution in [0.15, 0.2) is 0 Å². The summed E-state index contributed by atoms with van der Waals surface area (Å²) in [5.41, 5.74) is -0.990. The Hall–Kier alpha value is -0.110. The minimum absolute atomic E-state index is 0.109. The zero-order valence-electron chi connectivity index (χ0n) is 6.78. The summed E-state index contributed by atoms with van der Waals surface area (Å²) >= 11 is 0. The quantitative estimate of drug-likeness (QED) is 0.625. The third-order valence-corrected chi connectivity index (χ3v) is 2.48. The van der Waals surface area contributed by atoms with Crippen LogP contribution in [0, 0.1) is 0 Å². The van der Waals surface area contributed by atoms with Crippen LogP contribution < -0.4 is 5.32 Å². The van der Waals surface area contributed by atoms with Crippen LogP contribution in [-0.2, 0) is 0 Å². The predicted octanol–water partition coefficient (Wildman–Crippen LogP) is 1.88. The van der Waals surface area contributed by atoms with Crippen molar-refractivity contribution in [2.45, 2.75) is 44.8 Å². The van der Waals surface area contributed by atoms with E-state index in [1.165, 1.54) is 0 Å². The average molecular weight is 145 g/mol. The summed E-state index contributed by atoms with van der Waals surface area (Å²) in [4.78, 5) is 0. The van der Waals surface area contributed by atoms with Crippen molar-refractivity contribution in [3.05, 3.63) is 0 Å². The van der Waals surface area contributed by atoms with Crippen LogP contribution in [0.2, 0.25) is 0 Å². The molecule has 2 atom stereocenters. The van der Waals surface area contributed by atoms with Crippen molar-refractivity contribution in [1.82, 2.24) is 5.32 Å². The summed E-state index contributed by atoms with van der Waals surface area (Å²) in [7, 11) is 0. The van der Waals surface area contributed by atoms with Crippen LogP contribution >= 0.6 is 0 Å². The lowest BCUT2D eigenvalue weighted by molar-refractivity contribution is 0.131. The predicted molar refractivity (Wildman–Crippen MR) is 40.8 cm³/mol. The lowest BCUT2D eigenvalue weighted by Crippen LogP contribution is -2.41. The van der Waals surface area contributed by atoms with Gasteiger partial charge < -0.3 is 5.32 Å². The highest BCUT2D eigenvalue weighted by atomic mass is 19.1. The molecule has 0 aromatic carbocycles. The first kappa shape index (κ1) is 7.99. The lowest BCUT2D eigenvalue weighted by atomic mass is 9.94. The summed E-state index contributed by atoms with van der Waals surface area (Å²) in [5, 5.41) is 3.17. The van der Waals surface area contributed by atoms with Crippen molar-refractivity contribution in [2.75, 3.05) is 6.54 Å². The molecule has 1 heterocycles. The van der Waals surface area contributed by atoms with E-state index in [0.717, 1.165) is 19.4 Å². The Kier molecular flexibility index (Phi) is 2.29. The molecular weight excluding hydrogens is 129 g/mol. The highest BCUT2D eigenvalue weighted by molar-refractivity contribution is 4.90. The highest BCUT2D eigenvalue weighted by Gasteiger charge is 2.33. The van der Waals surface area contributed by atoms with Gasteiger partial charge in [-0.05, 0) is 32.7 Å². The van der Waals surface area contributed by atoms with Gasteiger partial charge in [-0.1, -0.05) is 6.92 Å². The average Bonchev–Trinajstić information content (AvgIpc) is 2.38. The lowest BCUT2D eigenvalue weighted by Gasteiger charge is -2.25. The first-order chi connectivity index (χ1) is 4.67. The van der Waals surface area contributed by atoms with Gasteiger partial charge in [0.25, 0.3) is 0 Å². The Morgan fingerprint density at radius 2 is 2.40 bits per heavy atom. The summed E-state index contributed by atoms with van der Waals surface area (Å²) in [5.74, 6) is 0. The molecule has 0 amide bonds. The first-order valence-electron chi connectivity index (χ1n) is 4.09. The second kappa shape index (κ2) is 2.87. The van der Waals surface area contributed by atoms with Gasteiger partial charge in [-0.3, -0.25) is 0 Å². The highest BCUT2D eigenvalue weighted by Crippen LogP contribution is 2.25. The smallest absolute Gasteiger partial charge is 0.123 e. The van der Waals surface area contributed by atoms with Crippen molar-refractivity contribution in [3.63, 3.8) is 0 Å². The van der Waals surface area contributed by atoms with Crippen molar-refractivity contribution in [2.24, 2.45) is 0 Å². The molecule has 60 valence electrons. The molecule has 1 N–H and O–H groups in total. The number of hydrogen-bond donors (Lipinski definition) is 1. The van der Waals surface area contributed by atoms with Gasteiger partial charge in [0.2, 0.25) is 0 Å². The maximum absolute atomic E-state index is 13.5. The van der Waals surface area contributed by atoms with Gasteiger partial charge in [0.15, 0.2) is 0 Å². The molecule has 2 heteroatoms. The fourth-order valence-corrected chi connectivity index (χ4v) is 1.44. The Morgan fingerprint density at radius 1 is 1.70 bits per heavy atom. The number of nitrogens with one attached hydrogen (secondary N) is 1. The second-order valence-corrected chi connectivity index (χ2v) is 3.28. The SMILES string of the molecule is CCC(C)(F)C1CCCN1. The monoisotopic (exact) mass is 145 g/mol. The molecule has 10 heavy (non-hydrogen) atoms. The maximum atomic E-state index is 13.5. The van der Waals surface area contributed by atoms with Crippen LogP contribution in [0.3, 0.4) is 0 Å². The third kappa shape index (κ3) is 1.48. The van der Waals surface area contributed by atoms with E-state index < -0.39 is 5.67 Å². The minimum atomic E-state index is -0.990. The number of hydrogen-bond acceptors (Lipinski definition) is 1. The van der Waals surface area contributed by atoms with Crippen molar-refractivity contribution in [3.8, 4) is 0 Å². The Morgan fingerprint density at radius 3 is 2.80 bits per heavy atom. The normalized spacial score (nSPS) is 32.1. The van der Waals surface area contributed by atoms with E-state index in [1.807, 2.05) is 6.92 Å². The van der Waals surface area contributed by atoms with Crippen molar-refractivity contribution >= 4 is 0 Å². The molecule has 0 bridgehead atoms. The molecule has 1 nitrogen and oxygen atoms in total. The van der Waals surface area contributed by atoms with Crippen LogP contribution in [-0.4, -0.2) is 18.3 Å². The van der Waals surface area contributed by atoms with Gasteiger partial charge in [0.1, 0.15) is 5.67 Å². The van der Waals surface area contributed by atoms with Gasteiger partial charge in [0, 0.05) is 6.04 Å². The minimum Gasteiger partial charge on any atom is -0.311 e. The van der Waals surface area contributed by atoms with Crippen molar-refractivity contribution < 1.29 is 4.39 Å². The topological polar surface area (TPSA) is 12.0 Å². The Balaban J connectivity index is 2.45.